The average molecular weight is 204 g/mol. The average Bonchev–Trinajstić information content (AvgIpc) is 2.14. The van der Waals surface area contributed by atoms with Crippen molar-refractivity contribution >= 4 is 11.9 Å². The zero-order chi connectivity index (χ0) is 11.0. The molecule has 0 aliphatic heterocycles. The number of rotatable bonds is 7. The van der Waals surface area contributed by atoms with Crippen LogP contribution in [0, 0.1) is 0 Å². The number of hydrogen-bond donors (Lipinski definition) is 4. The summed E-state index contributed by atoms with van der Waals surface area (Å²) in [6, 6.07) is -0.787. The number of hydrogen-bond acceptors (Lipinski definition) is 4. The van der Waals surface area contributed by atoms with Gasteiger partial charge in [0.1, 0.15) is 0 Å². The maximum absolute atomic E-state index is 11.1. The summed E-state index contributed by atoms with van der Waals surface area (Å²) in [5, 5.41) is 19.3. The van der Waals surface area contributed by atoms with Crippen molar-refractivity contribution in [3.8, 4) is 0 Å². The van der Waals surface area contributed by atoms with Crippen LogP contribution in [0.3, 0.4) is 0 Å². The fraction of sp³-hybridized carbons (Fsp3) is 0.750. The second kappa shape index (κ2) is 7.28. The summed E-state index contributed by atoms with van der Waals surface area (Å²) in [5.41, 5.74) is 5.41. The Bertz CT molecular complexity index is 196. The van der Waals surface area contributed by atoms with Gasteiger partial charge in [0.2, 0.25) is 5.91 Å². The van der Waals surface area contributed by atoms with Gasteiger partial charge in [-0.15, -0.1) is 0 Å². The highest BCUT2D eigenvalue weighted by molar-refractivity contribution is 5.82. The molecule has 82 valence electrons. The monoisotopic (exact) mass is 204 g/mol. The SMILES string of the molecule is NC(CCC(=O)O)C(=O)NCCCO. The maximum Gasteiger partial charge on any atom is 0.303 e. The van der Waals surface area contributed by atoms with Crippen molar-refractivity contribution < 1.29 is 19.8 Å². The van der Waals surface area contributed by atoms with Crippen molar-refractivity contribution in [2.24, 2.45) is 5.73 Å². The van der Waals surface area contributed by atoms with Gasteiger partial charge in [-0.05, 0) is 12.8 Å². The number of nitrogens with one attached hydrogen (secondary N) is 1. The van der Waals surface area contributed by atoms with E-state index >= 15 is 0 Å². The van der Waals surface area contributed by atoms with Gasteiger partial charge >= 0.3 is 5.97 Å². The zero-order valence-corrected chi connectivity index (χ0v) is 7.90. The van der Waals surface area contributed by atoms with E-state index in [2.05, 4.69) is 5.32 Å². The van der Waals surface area contributed by atoms with Gasteiger partial charge in [-0.25, -0.2) is 0 Å². The first-order valence-electron chi connectivity index (χ1n) is 4.44. The van der Waals surface area contributed by atoms with Gasteiger partial charge < -0.3 is 21.3 Å². The number of amides is 1. The van der Waals surface area contributed by atoms with Crippen molar-refractivity contribution in [3.05, 3.63) is 0 Å². The number of aliphatic hydroxyl groups excluding tert-OH is 1. The third kappa shape index (κ3) is 6.38. The smallest absolute Gasteiger partial charge is 0.303 e. The summed E-state index contributed by atoms with van der Waals surface area (Å²) in [4.78, 5) is 21.3. The van der Waals surface area contributed by atoms with Crippen LogP contribution < -0.4 is 11.1 Å². The van der Waals surface area contributed by atoms with E-state index in [0.717, 1.165) is 0 Å². The predicted molar refractivity (Wildman–Crippen MR) is 49.6 cm³/mol. The number of aliphatic carboxylic acids is 1. The Morgan fingerprint density at radius 2 is 2.07 bits per heavy atom. The number of carboxylic acid groups (broad SMARTS) is 1. The number of carbonyl (C=O) groups is 2. The van der Waals surface area contributed by atoms with Crippen molar-refractivity contribution in [2.45, 2.75) is 25.3 Å². The van der Waals surface area contributed by atoms with Gasteiger partial charge in [-0.3, -0.25) is 9.59 Å². The van der Waals surface area contributed by atoms with Gasteiger partial charge in [0.25, 0.3) is 0 Å². The topological polar surface area (TPSA) is 113 Å². The highest BCUT2D eigenvalue weighted by Gasteiger charge is 2.13. The quantitative estimate of drug-likeness (QED) is 0.384. The first kappa shape index (κ1) is 12.9. The van der Waals surface area contributed by atoms with E-state index in [1.54, 1.807) is 0 Å². The van der Waals surface area contributed by atoms with Crippen LogP contribution in [-0.2, 0) is 9.59 Å². The molecule has 1 atom stereocenters. The van der Waals surface area contributed by atoms with E-state index in [-0.39, 0.29) is 25.4 Å². The molecule has 1 unspecified atom stereocenters. The fourth-order valence-electron chi connectivity index (χ4n) is 0.832. The molecule has 0 heterocycles. The minimum Gasteiger partial charge on any atom is -0.481 e. The van der Waals surface area contributed by atoms with Crippen LogP contribution in [0.15, 0.2) is 0 Å². The van der Waals surface area contributed by atoms with Crippen LogP contribution in [0.2, 0.25) is 0 Å². The molecular formula is C8H16N2O4. The Morgan fingerprint density at radius 1 is 1.43 bits per heavy atom. The maximum atomic E-state index is 11.1. The molecule has 0 aliphatic rings. The minimum absolute atomic E-state index is 0.00461. The molecule has 0 saturated heterocycles. The van der Waals surface area contributed by atoms with Gasteiger partial charge in [0.15, 0.2) is 0 Å². The van der Waals surface area contributed by atoms with E-state index in [1.807, 2.05) is 0 Å². The fourth-order valence-corrected chi connectivity index (χ4v) is 0.832. The van der Waals surface area contributed by atoms with Crippen LogP contribution in [0.5, 0.6) is 0 Å². The molecule has 0 saturated carbocycles. The number of carbonyl (C=O) groups excluding carboxylic acids is 1. The van der Waals surface area contributed by atoms with E-state index in [4.69, 9.17) is 15.9 Å². The van der Waals surface area contributed by atoms with E-state index in [9.17, 15) is 9.59 Å². The van der Waals surface area contributed by atoms with E-state index in [1.165, 1.54) is 0 Å². The molecular weight excluding hydrogens is 188 g/mol. The lowest BCUT2D eigenvalue weighted by molar-refractivity contribution is -0.137. The molecule has 0 radical (unpaired) electrons. The van der Waals surface area contributed by atoms with Crippen molar-refractivity contribution in [1.29, 1.82) is 0 Å². The zero-order valence-electron chi connectivity index (χ0n) is 7.90. The van der Waals surface area contributed by atoms with Gasteiger partial charge in [0.05, 0.1) is 6.04 Å². The normalized spacial score (nSPS) is 12.1. The molecule has 0 aromatic carbocycles. The molecule has 0 fully saturated rings. The van der Waals surface area contributed by atoms with Crippen LogP contribution >= 0.6 is 0 Å². The minimum atomic E-state index is -0.969. The van der Waals surface area contributed by atoms with E-state index in [0.29, 0.717) is 13.0 Å². The highest BCUT2D eigenvalue weighted by atomic mass is 16.4. The standard InChI is InChI=1S/C8H16N2O4/c9-6(2-3-7(12)13)8(14)10-4-1-5-11/h6,11H,1-5,9H2,(H,10,14)(H,12,13). The molecule has 6 heteroatoms. The summed E-state index contributed by atoms with van der Waals surface area (Å²) in [6.45, 7) is 0.362. The van der Waals surface area contributed by atoms with Crippen LogP contribution in [0.1, 0.15) is 19.3 Å². The first-order valence-corrected chi connectivity index (χ1v) is 4.44. The highest BCUT2D eigenvalue weighted by Crippen LogP contribution is 1.94. The summed E-state index contributed by atoms with van der Waals surface area (Å²) in [5.74, 6) is -1.34. The molecule has 1 amide bonds. The van der Waals surface area contributed by atoms with Crippen molar-refractivity contribution in [2.75, 3.05) is 13.2 Å². The second-order valence-corrected chi connectivity index (χ2v) is 2.91. The second-order valence-electron chi connectivity index (χ2n) is 2.91. The first-order chi connectivity index (χ1) is 6.57. The molecule has 0 aromatic heterocycles. The lowest BCUT2D eigenvalue weighted by Gasteiger charge is -2.10. The third-order valence-electron chi connectivity index (χ3n) is 1.64. The lowest BCUT2D eigenvalue weighted by Crippen LogP contribution is -2.41. The van der Waals surface area contributed by atoms with Gasteiger partial charge in [-0.1, -0.05) is 0 Å². The largest absolute Gasteiger partial charge is 0.481 e. The van der Waals surface area contributed by atoms with Crippen LogP contribution in [-0.4, -0.2) is 41.3 Å². The molecule has 0 spiro atoms. The molecule has 6 nitrogen and oxygen atoms in total. The summed E-state index contributed by atoms with van der Waals surface area (Å²) in [6.07, 6.45) is 0.478. The Kier molecular flexibility index (Phi) is 6.69. The number of carboxylic acids is 1. The molecule has 14 heavy (non-hydrogen) atoms. The molecule has 5 N–H and O–H groups in total. The molecule has 0 aromatic rings. The molecule has 0 rings (SSSR count). The summed E-state index contributed by atoms with van der Waals surface area (Å²) < 4.78 is 0. The van der Waals surface area contributed by atoms with Crippen LogP contribution in [0.25, 0.3) is 0 Å². The number of aliphatic hydroxyl groups is 1. The van der Waals surface area contributed by atoms with Crippen LogP contribution in [0.4, 0.5) is 0 Å². The van der Waals surface area contributed by atoms with Crippen molar-refractivity contribution in [3.63, 3.8) is 0 Å². The third-order valence-corrected chi connectivity index (χ3v) is 1.64. The molecule has 0 aliphatic carbocycles. The van der Waals surface area contributed by atoms with Gasteiger partial charge in [-0.2, -0.15) is 0 Å². The summed E-state index contributed by atoms with van der Waals surface area (Å²) >= 11 is 0. The number of nitrogens with two attached hydrogens (primary N) is 1. The Hall–Kier alpha value is -1.14. The summed E-state index contributed by atoms with van der Waals surface area (Å²) in [7, 11) is 0. The predicted octanol–water partition coefficient (Wildman–Crippen LogP) is -1.32. The Morgan fingerprint density at radius 3 is 2.57 bits per heavy atom. The molecule has 0 bridgehead atoms. The lowest BCUT2D eigenvalue weighted by atomic mass is 10.1. The van der Waals surface area contributed by atoms with Gasteiger partial charge in [0, 0.05) is 19.6 Å². The Labute approximate surface area is 82.1 Å². The Balaban J connectivity index is 3.59. The van der Waals surface area contributed by atoms with E-state index < -0.39 is 12.0 Å². The van der Waals surface area contributed by atoms with Crippen molar-refractivity contribution in [1.82, 2.24) is 5.32 Å².